The molecule has 1 rings (SSSR count). The van der Waals surface area contributed by atoms with Crippen LogP contribution in [0, 0.1) is 0 Å². The average Bonchev–Trinajstić information content (AvgIpc) is 2.56. The second-order valence-electron chi connectivity index (χ2n) is 4.05. The predicted octanol–water partition coefficient (Wildman–Crippen LogP) is 0.755. The zero-order valence-corrected chi connectivity index (χ0v) is 10.8. The second kappa shape index (κ2) is 4.75. The van der Waals surface area contributed by atoms with E-state index < -0.39 is 17.4 Å². The fraction of sp³-hybridized carbons (Fsp3) is 0.500. The van der Waals surface area contributed by atoms with Crippen LogP contribution in [0.4, 0.5) is 0 Å². The molecule has 0 aromatic carbocycles. The Bertz CT molecular complexity index is 454. The van der Waals surface area contributed by atoms with Gasteiger partial charge in [0.25, 0.3) is 5.91 Å². The van der Waals surface area contributed by atoms with Gasteiger partial charge in [-0.05, 0) is 13.8 Å². The molecular weight excluding hydrogens is 246 g/mol. The number of rotatable bonds is 3. The van der Waals surface area contributed by atoms with E-state index >= 15 is 0 Å². The Morgan fingerprint density at radius 3 is 2.53 bits per heavy atom. The van der Waals surface area contributed by atoms with Crippen LogP contribution in [-0.4, -0.2) is 34.3 Å². The standard InChI is InChI=1S/C10H14ClN3O3/c1-10(2,9(16)17-4)12-8(15)6-5-7(11)13-14(6)3/h5H,1-4H3,(H,12,15). The zero-order valence-electron chi connectivity index (χ0n) is 10.1. The Labute approximate surface area is 104 Å². The second-order valence-corrected chi connectivity index (χ2v) is 4.43. The number of esters is 1. The Hall–Kier alpha value is -1.56. The number of ether oxygens (including phenoxy) is 1. The lowest BCUT2D eigenvalue weighted by molar-refractivity contribution is -0.146. The van der Waals surface area contributed by atoms with Crippen LogP contribution in [0.25, 0.3) is 0 Å². The molecule has 94 valence electrons. The SMILES string of the molecule is COC(=O)C(C)(C)NC(=O)c1cc(Cl)nn1C. The summed E-state index contributed by atoms with van der Waals surface area (Å²) in [5, 5.41) is 6.59. The fourth-order valence-corrected chi connectivity index (χ4v) is 1.52. The van der Waals surface area contributed by atoms with E-state index in [1.54, 1.807) is 20.9 Å². The molecule has 1 heterocycles. The summed E-state index contributed by atoms with van der Waals surface area (Å²) >= 11 is 5.67. The molecule has 0 unspecified atom stereocenters. The van der Waals surface area contributed by atoms with Crippen molar-refractivity contribution in [1.29, 1.82) is 0 Å². The van der Waals surface area contributed by atoms with Crippen LogP contribution in [0.5, 0.6) is 0 Å². The molecule has 1 amide bonds. The minimum absolute atomic E-state index is 0.216. The molecule has 0 saturated heterocycles. The van der Waals surface area contributed by atoms with Gasteiger partial charge in [0, 0.05) is 13.1 Å². The van der Waals surface area contributed by atoms with E-state index in [9.17, 15) is 9.59 Å². The number of nitrogens with zero attached hydrogens (tertiary/aromatic N) is 2. The summed E-state index contributed by atoms with van der Waals surface area (Å²) in [5.74, 6) is -0.971. The van der Waals surface area contributed by atoms with Crippen molar-refractivity contribution in [1.82, 2.24) is 15.1 Å². The molecule has 0 atom stereocenters. The van der Waals surface area contributed by atoms with Gasteiger partial charge in [0.2, 0.25) is 0 Å². The molecule has 0 fully saturated rings. The molecule has 0 spiro atoms. The normalized spacial score (nSPS) is 11.1. The first-order valence-electron chi connectivity index (χ1n) is 4.88. The van der Waals surface area contributed by atoms with Crippen LogP contribution in [0.3, 0.4) is 0 Å². The summed E-state index contributed by atoms with van der Waals surface area (Å²) in [6, 6.07) is 1.42. The van der Waals surface area contributed by atoms with Crippen molar-refractivity contribution in [3.8, 4) is 0 Å². The van der Waals surface area contributed by atoms with Crippen molar-refractivity contribution in [2.75, 3.05) is 7.11 Å². The van der Waals surface area contributed by atoms with E-state index in [0.717, 1.165) is 0 Å². The van der Waals surface area contributed by atoms with Crippen molar-refractivity contribution in [2.24, 2.45) is 7.05 Å². The molecule has 0 radical (unpaired) electrons. The molecule has 1 aromatic heterocycles. The molecule has 0 aliphatic carbocycles. The highest BCUT2D eigenvalue weighted by Crippen LogP contribution is 2.11. The number of aryl methyl sites for hydroxylation is 1. The first kappa shape index (κ1) is 13.5. The Morgan fingerprint density at radius 1 is 1.53 bits per heavy atom. The van der Waals surface area contributed by atoms with Crippen molar-refractivity contribution < 1.29 is 14.3 Å². The van der Waals surface area contributed by atoms with Crippen LogP contribution >= 0.6 is 11.6 Å². The lowest BCUT2D eigenvalue weighted by atomic mass is 10.1. The number of carbonyl (C=O) groups excluding carboxylic acids is 2. The van der Waals surface area contributed by atoms with Crippen LogP contribution in [0.2, 0.25) is 5.15 Å². The Kier molecular flexibility index (Phi) is 3.77. The summed E-state index contributed by atoms with van der Waals surface area (Å²) in [6.45, 7) is 3.10. The lowest BCUT2D eigenvalue weighted by Gasteiger charge is -2.22. The van der Waals surface area contributed by atoms with E-state index in [-0.39, 0.29) is 10.8 Å². The van der Waals surface area contributed by atoms with Gasteiger partial charge in [-0.1, -0.05) is 11.6 Å². The molecule has 1 aromatic rings. The summed E-state index contributed by atoms with van der Waals surface area (Å²) in [5.41, 5.74) is -0.838. The Balaban J connectivity index is 2.86. The summed E-state index contributed by atoms with van der Waals surface area (Å²) in [6.07, 6.45) is 0. The highest BCUT2D eigenvalue weighted by molar-refractivity contribution is 6.29. The molecule has 0 aliphatic rings. The molecule has 0 bridgehead atoms. The molecule has 6 nitrogen and oxygen atoms in total. The van der Waals surface area contributed by atoms with Crippen molar-refractivity contribution >= 4 is 23.5 Å². The monoisotopic (exact) mass is 259 g/mol. The van der Waals surface area contributed by atoms with Gasteiger partial charge in [-0.2, -0.15) is 5.10 Å². The minimum atomic E-state index is -1.11. The first-order valence-corrected chi connectivity index (χ1v) is 5.26. The van der Waals surface area contributed by atoms with Gasteiger partial charge in [0.1, 0.15) is 11.2 Å². The van der Waals surface area contributed by atoms with Crippen LogP contribution < -0.4 is 5.32 Å². The third kappa shape index (κ3) is 2.97. The van der Waals surface area contributed by atoms with Gasteiger partial charge in [0.05, 0.1) is 7.11 Å². The first-order chi connectivity index (χ1) is 7.77. The summed E-state index contributed by atoms with van der Waals surface area (Å²) in [7, 11) is 2.85. The van der Waals surface area contributed by atoms with Crippen LogP contribution in [0.1, 0.15) is 24.3 Å². The number of aromatic nitrogens is 2. The fourth-order valence-electron chi connectivity index (χ4n) is 1.30. The van der Waals surface area contributed by atoms with Gasteiger partial charge >= 0.3 is 5.97 Å². The number of methoxy groups -OCH3 is 1. The minimum Gasteiger partial charge on any atom is -0.467 e. The topological polar surface area (TPSA) is 73.2 Å². The van der Waals surface area contributed by atoms with E-state index in [0.29, 0.717) is 0 Å². The number of amides is 1. The Morgan fingerprint density at radius 2 is 2.12 bits per heavy atom. The quantitative estimate of drug-likeness (QED) is 0.813. The van der Waals surface area contributed by atoms with Gasteiger partial charge < -0.3 is 10.1 Å². The predicted molar refractivity (Wildman–Crippen MR) is 61.8 cm³/mol. The third-order valence-electron chi connectivity index (χ3n) is 2.20. The largest absolute Gasteiger partial charge is 0.467 e. The van der Waals surface area contributed by atoms with Crippen molar-refractivity contribution in [3.63, 3.8) is 0 Å². The molecule has 7 heteroatoms. The van der Waals surface area contributed by atoms with E-state index in [4.69, 9.17) is 11.6 Å². The van der Waals surface area contributed by atoms with Gasteiger partial charge in [-0.25, -0.2) is 4.79 Å². The lowest BCUT2D eigenvalue weighted by Crippen LogP contribution is -2.50. The molecular formula is C10H14ClN3O3. The van der Waals surface area contributed by atoms with E-state index in [2.05, 4.69) is 15.2 Å². The van der Waals surface area contributed by atoms with Gasteiger partial charge in [0.15, 0.2) is 5.15 Å². The van der Waals surface area contributed by atoms with Gasteiger partial charge in [-0.15, -0.1) is 0 Å². The van der Waals surface area contributed by atoms with E-state index in [1.807, 2.05) is 0 Å². The summed E-state index contributed by atoms with van der Waals surface area (Å²) in [4.78, 5) is 23.3. The highest BCUT2D eigenvalue weighted by atomic mass is 35.5. The molecule has 1 N–H and O–H groups in total. The van der Waals surface area contributed by atoms with Crippen molar-refractivity contribution in [2.45, 2.75) is 19.4 Å². The maximum atomic E-state index is 11.9. The third-order valence-corrected chi connectivity index (χ3v) is 2.39. The van der Waals surface area contributed by atoms with Crippen LogP contribution in [-0.2, 0) is 16.6 Å². The van der Waals surface area contributed by atoms with E-state index in [1.165, 1.54) is 17.9 Å². The molecule has 0 aliphatic heterocycles. The number of hydrogen-bond acceptors (Lipinski definition) is 4. The van der Waals surface area contributed by atoms with Gasteiger partial charge in [-0.3, -0.25) is 9.48 Å². The number of halogens is 1. The maximum Gasteiger partial charge on any atom is 0.330 e. The number of carbonyl (C=O) groups is 2. The highest BCUT2D eigenvalue weighted by Gasteiger charge is 2.31. The smallest absolute Gasteiger partial charge is 0.330 e. The molecule has 0 saturated carbocycles. The molecule has 17 heavy (non-hydrogen) atoms. The zero-order chi connectivity index (χ0) is 13.2. The number of nitrogens with one attached hydrogen (secondary N) is 1. The van der Waals surface area contributed by atoms with Crippen molar-refractivity contribution in [3.05, 3.63) is 16.9 Å². The number of hydrogen-bond donors (Lipinski definition) is 1. The summed E-state index contributed by atoms with van der Waals surface area (Å²) < 4.78 is 5.92. The van der Waals surface area contributed by atoms with Crippen LogP contribution in [0.15, 0.2) is 6.07 Å². The maximum absolute atomic E-state index is 11.9. The average molecular weight is 260 g/mol.